The van der Waals surface area contributed by atoms with Crippen molar-refractivity contribution in [3.63, 3.8) is 0 Å². The lowest BCUT2D eigenvalue weighted by Gasteiger charge is -2.07. The van der Waals surface area contributed by atoms with Crippen LogP contribution in [-0.4, -0.2) is 32.9 Å². The lowest BCUT2D eigenvalue weighted by Crippen LogP contribution is -2.29. The van der Waals surface area contributed by atoms with Crippen LogP contribution in [0, 0.1) is 5.82 Å². The average molecular weight is 262 g/mol. The van der Waals surface area contributed by atoms with Crippen LogP contribution in [0.15, 0.2) is 18.2 Å². The zero-order valence-electron chi connectivity index (χ0n) is 9.40. The zero-order chi connectivity index (χ0) is 12.9. The third kappa shape index (κ3) is 4.68. The first-order valence-electron chi connectivity index (χ1n) is 5.04. The third-order valence-corrected chi connectivity index (χ3v) is 3.58. The van der Waals surface area contributed by atoms with Gasteiger partial charge in [0.05, 0.1) is 5.75 Å². The van der Waals surface area contributed by atoms with Gasteiger partial charge in [0.1, 0.15) is 11.6 Å². The van der Waals surface area contributed by atoms with Crippen molar-refractivity contribution in [2.24, 2.45) is 0 Å². The van der Waals surface area contributed by atoms with E-state index in [0.29, 0.717) is 5.56 Å². The van der Waals surface area contributed by atoms with Gasteiger partial charge in [-0.1, -0.05) is 0 Å². The number of phenols is 1. The molecule has 3 N–H and O–H groups in total. The average Bonchev–Trinajstić information content (AvgIpc) is 2.29. The molecule has 17 heavy (non-hydrogen) atoms. The second-order valence-electron chi connectivity index (χ2n) is 3.47. The number of halogens is 1. The van der Waals surface area contributed by atoms with Gasteiger partial charge in [0.15, 0.2) is 0 Å². The Morgan fingerprint density at radius 3 is 2.76 bits per heavy atom. The normalized spacial score (nSPS) is 11.6. The quantitative estimate of drug-likeness (QED) is 0.639. The second-order valence-corrected chi connectivity index (χ2v) is 5.52. The molecule has 1 aromatic rings. The molecule has 0 saturated heterocycles. The summed E-state index contributed by atoms with van der Waals surface area (Å²) in [6.45, 7) is 0.432. The zero-order valence-corrected chi connectivity index (χ0v) is 10.2. The number of aromatic hydroxyl groups is 1. The molecular weight excluding hydrogens is 247 g/mol. The van der Waals surface area contributed by atoms with E-state index in [4.69, 9.17) is 0 Å². The van der Waals surface area contributed by atoms with Gasteiger partial charge in [0.25, 0.3) is 0 Å². The van der Waals surface area contributed by atoms with Gasteiger partial charge in [-0.3, -0.25) is 0 Å². The molecule has 0 unspecified atom stereocenters. The Morgan fingerprint density at radius 1 is 1.41 bits per heavy atom. The number of hydrogen-bond donors (Lipinski definition) is 3. The third-order valence-electron chi connectivity index (χ3n) is 2.22. The highest BCUT2D eigenvalue weighted by Gasteiger charge is 2.06. The molecule has 0 fully saturated rings. The largest absolute Gasteiger partial charge is 0.508 e. The Kier molecular flexibility index (Phi) is 4.86. The van der Waals surface area contributed by atoms with Gasteiger partial charge in [-0.25, -0.2) is 17.5 Å². The Bertz CT molecular complexity index is 476. The number of sulfonamides is 1. The van der Waals surface area contributed by atoms with E-state index in [1.807, 2.05) is 0 Å². The van der Waals surface area contributed by atoms with Gasteiger partial charge in [0, 0.05) is 18.7 Å². The van der Waals surface area contributed by atoms with E-state index in [0.717, 1.165) is 6.07 Å². The highest BCUT2D eigenvalue weighted by Crippen LogP contribution is 2.17. The predicted octanol–water partition coefficient (Wildman–Crippen LogP) is 0.170. The predicted molar refractivity (Wildman–Crippen MR) is 62.6 cm³/mol. The van der Waals surface area contributed by atoms with Crippen molar-refractivity contribution in [3.8, 4) is 5.75 Å². The van der Waals surface area contributed by atoms with Gasteiger partial charge >= 0.3 is 0 Å². The summed E-state index contributed by atoms with van der Waals surface area (Å²) in [6.07, 6.45) is 0. The number of hydrogen-bond acceptors (Lipinski definition) is 4. The molecule has 0 atom stereocenters. The Labute approximate surface area is 99.7 Å². The topological polar surface area (TPSA) is 78.4 Å². The van der Waals surface area contributed by atoms with E-state index in [2.05, 4.69) is 10.0 Å². The fraction of sp³-hybridized carbons (Fsp3) is 0.400. The summed E-state index contributed by atoms with van der Waals surface area (Å²) in [5.41, 5.74) is 0.395. The Hall–Kier alpha value is -1.18. The first-order chi connectivity index (χ1) is 7.94. The highest BCUT2D eigenvalue weighted by atomic mass is 32.2. The molecule has 0 bridgehead atoms. The van der Waals surface area contributed by atoms with Crippen LogP contribution in [0.3, 0.4) is 0 Å². The second kappa shape index (κ2) is 5.95. The lowest BCUT2D eigenvalue weighted by atomic mass is 10.2. The van der Waals surface area contributed by atoms with E-state index in [1.165, 1.54) is 19.2 Å². The van der Waals surface area contributed by atoms with Crippen molar-refractivity contribution in [2.75, 3.05) is 19.3 Å². The highest BCUT2D eigenvalue weighted by molar-refractivity contribution is 7.89. The number of rotatable bonds is 6. The Morgan fingerprint density at radius 2 is 2.12 bits per heavy atom. The summed E-state index contributed by atoms with van der Waals surface area (Å²) >= 11 is 0. The minimum absolute atomic E-state index is 0.0182. The summed E-state index contributed by atoms with van der Waals surface area (Å²) in [7, 11) is -1.90. The van der Waals surface area contributed by atoms with Gasteiger partial charge < -0.3 is 10.4 Å². The van der Waals surface area contributed by atoms with Crippen molar-refractivity contribution in [2.45, 2.75) is 6.54 Å². The molecule has 0 aliphatic rings. The molecule has 1 rings (SSSR count). The van der Waals surface area contributed by atoms with Crippen LogP contribution in [0.25, 0.3) is 0 Å². The van der Waals surface area contributed by atoms with Gasteiger partial charge in [0.2, 0.25) is 10.0 Å². The molecule has 7 heteroatoms. The van der Waals surface area contributed by atoms with Crippen LogP contribution >= 0.6 is 0 Å². The summed E-state index contributed by atoms with van der Waals surface area (Å²) in [6, 6.07) is 3.62. The van der Waals surface area contributed by atoms with Crippen LogP contribution in [0.2, 0.25) is 0 Å². The van der Waals surface area contributed by atoms with Crippen molar-refractivity contribution >= 4 is 10.0 Å². The maximum Gasteiger partial charge on any atom is 0.212 e. The Balaban J connectivity index is 2.44. The van der Waals surface area contributed by atoms with E-state index < -0.39 is 15.8 Å². The fourth-order valence-electron chi connectivity index (χ4n) is 1.23. The number of nitrogens with one attached hydrogen (secondary N) is 2. The molecule has 0 aliphatic heterocycles. The van der Waals surface area contributed by atoms with Crippen LogP contribution in [0.4, 0.5) is 4.39 Å². The van der Waals surface area contributed by atoms with Crippen LogP contribution in [-0.2, 0) is 16.6 Å². The van der Waals surface area contributed by atoms with E-state index >= 15 is 0 Å². The monoisotopic (exact) mass is 262 g/mol. The molecule has 0 aliphatic carbocycles. The lowest BCUT2D eigenvalue weighted by molar-refractivity contribution is 0.462. The van der Waals surface area contributed by atoms with Crippen LogP contribution in [0.5, 0.6) is 5.75 Å². The standard InChI is InChI=1S/C10H15FN2O3S/c1-12-17(15,16)5-4-13-7-8-6-9(11)2-3-10(8)14/h2-3,6,12-14H,4-5,7H2,1H3. The summed E-state index contributed by atoms with van der Waals surface area (Å²) in [5.74, 6) is -0.530. The molecule has 96 valence electrons. The van der Waals surface area contributed by atoms with Crippen molar-refractivity contribution in [1.82, 2.24) is 10.0 Å². The molecule has 0 aromatic heterocycles. The molecule has 5 nitrogen and oxygen atoms in total. The van der Waals surface area contributed by atoms with Gasteiger partial charge in [-0.05, 0) is 25.2 Å². The maximum absolute atomic E-state index is 12.9. The summed E-state index contributed by atoms with van der Waals surface area (Å²) in [4.78, 5) is 0. The van der Waals surface area contributed by atoms with Crippen molar-refractivity contribution < 1.29 is 17.9 Å². The van der Waals surface area contributed by atoms with Gasteiger partial charge in [-0.15, -0.1) is 0 Å². The molecular formula is C10H15FN2O3S. The first-order valence-corrected chi connectivity index (χ1v) is 6.69. The van der Waals surface area contributed by atoms with E-state index in [1.54, 1.807) is 0 Å². The number of benzene rings is 1. The summed E-state index contributed by atoms with van der Waals surface area (Å²) in [5, 5.41) is 12.2. The van der Waals surface area contributed by atoms with Crippen LogP contribution < -0.4 is 10.0 Å². The SMILES string of the molecule is CNS(=O)(=O)CCNCc1cc(F)ccc1O. The molecule has 1 aromatic carbocycles. The maximum atomic E-state index is 12.9. The molecule has 0 radical (unpaired) electrons. The molecule has 0 amide bonds. The molecule has 0 saturated carbocycles. The van der Waals surface area contributed by atoms with E-state index in [-0.39, 0.29) is 24.6 Å². The van der Waals surface area contributed by atoms with Crippen LogP contribution in [0.1, 0.15) is 5.56 Å². The van der Waals surface area contributed by atoms with Crippen molar-refractivity contribution in [3.05, 3.63) is 29.6 Å². The minimum atomic E-state index is -3.24. The van der Waals surface area contributed by atoms with E-state index in [9.17, 15) is 17.9 Å². The smallest absolute Gasteiger partial charge is 0.212 e. The number of phenolic OH excluding ortho intramolecular Hbond substituents is 1. The minimum Gasteiger partial charge on any atom is -0.508 e. The summed E-state index contributed by atoms with van der Waals surface area (Å²) < 4.78 is 37.2. The fourth-order valence-corrected chi connectivity index (χ4v) is 1.84. The molecule has 0 heterocycles. The van der Waals surface area contributed by atoms with Crippen molar-refractivity contribution in [1.29, 1.82) is 0 Å². The van der Waals surface area contributed by atoms with Gasteiger partial charge in [-0.2, -0.15) is 0 Å². The first kappa shape index (κ1) is 13.9. The molecule has 0 spiro atoms.